The standard InChI is InChI=1S/C13H10O5/c14-9-6-10(18-13(17)7-9)3-1-8-2-4-11(15)12(16)5-8/h1-7,15-17H. The molecule has 0 spiro atoms. The second-order valence-electron chi connectivity index (χ2n) is 3.62. The number of aromatic hydroxyl groups is 3. The van der Waals surface area contributed by atoms with Gasteiger partial charge < -0.3 is 19.7 Å². The highest BCUT2D eigenvalue weighted by molar-refractivity contribution is 5.68. The van der Waals surface area contributed by atoms with Gasteiger partial charge >= 0.3 is 0 Å². The minimum absolute atomic E-state index is 0.188. The molecule has 0 aliphatic rings. The summed E-state index contributed by atoms with van der Waals surface area (Å²) in [6.45, 7) is 0. The predicted octanol–water partition coefficient (Wildman–Crippen LogP) is 1.93. The Kier molecular flexibility index (Phi) is 3.05. The van der Waals surface area contributed by atoms with E-state index in [2.05, 4.69) is 0 Å². The summed E-state index contributed by atoms with van der Waals surface area (Å²) >= 11 is 0. The van der Waals surface area contributed by atoms with Gasteiger partial charge in [0.05, 0.1) is 6.07 Å². The van der Waals surface area contributed by atoms with Crippen LogP contribution >= 0.6 is 0 Å². The van der Waals surface area contributed by atoms with E-state index in [4.69, 9.17) is 14.6 Å². The largest absolute Gasteiger partial charge is 0.504 e. The molecule has 0 aliphatic carbocycles. The fourth-order valence-electron chi connectivity index (χ4n) is 1.39. The lowest BCUT2D eigenvalue weighted by molar-refractivity contribution is 0.319. The van der Waals surface area contributed by atoms with E-state index in [1.165, 1.54) is 24.3 Å². The molecule has 5 heteroatoms. The molecule has 0 amide bonds. The van der Waals surface area contributed by atoms with E-state index < -0.39 is 5.95 Å². The van der Waals surface area contributed by atoms with E-state index in [0.717, 1.165) is 6.07 Å². The van der Waals surface area contributed by atoms with Crippen LogP contribution in [0.1, 0.15) is 11.3 Å². The third-order valence-corrected chi connectivity index (χ3v) is 2.21. The lowest BCUT2D eigenvalue weighted by Crippen LogP contribution is -1.95. The average molecular weight is 246 g/mol. The van der Waals surface area contributed by atoms with Crippen molar-refractivity contribution in [2.24, 2.45) is 0 Å². The van der Waals surface area contributed by atoms with Crippen LogP contribution in [0.5, 0.6) is 17.4 Å². The van der Waals surface area contributed by atoms with Crippen molar-refractivity contribution in [3.05, 3.63) is 51.9 Å². The average Bonchev–Trinajstić information content (AvgIpc) is 2.29. The Labute approximate surface area is 102 Å². The summed E-state index contributed by atoms with van der Waals surface area (Å²) in [6.07, 6.45) is 3.03. The molecule has 0 atom stereocenters. The fourth-order valence-corrected chi connectivity index (χ4v) is 1.39. The van der Waals surface area contributed by atoms with Crippen molar-refractivity contribution < 1.29 is 19.7 Å². The molecule has 1 heterocycles. The van der Waals surface area contributed by atoms with Crippen molar-refractivity contribution in [2.75, 3.05) is 0 Å². The van der Waals surface area contributed by atoms with Gasteiger partial charge in [0.15, 0.2) is 16.9 Å². The van der Waals surface area contributed by atoms with E-state index in [0.29, 0.717) is 5.56 Å². The molecular weight excluding hydrogens is 236 g/mol. The van der Waals surface area contributed by atoms with Crippen LogP contribution in [0.3, 0.4) is 0 Å². The molecule has 0 unspecified atom stereocenters. The molecular formula is C13H10O5. The molecule has 2 rings (SSSR count). The van der Waals surface area contributed by atoms with Gasteiger partial charge in [-0.3, -0.25) is 4.79 Å². The summed E-state index contributed by atoms with van der Waals surface area (Å²) < 4.78 is 4.89. The summed E-state index contributed by atoms with van der Waals surface area (Å²) in [5, 5.41) is 27.5. The van der Waals surface area contributed by atoms with Crippen LogP contribution < -0.4 is 5.43 Å². The van der Waals surface area contributed by atoms with E-state index >= 15 is 0 Å². The van der Waals surface area contributed by atoms with Crippen molar-refractivity contribution in [3.63, 3.8) is 0 Å². The van der Waals surface area contributed by atoms with Gasteiger partial charge in [-0.05, 0) is 23.8 Å². The summed E-state index contributed by atoms with van der Waals surface area (Å²) in [7, 11) is 0. The molecule has 2 aromatic rings. The summed E-state index contributed by atoms with van der Waals surface area (Å²) in [4.78, 5) is 11.1. The van der Waals surface area contributed by atoms with Crippen LogP contribution in [0.2, 0.25) is 0 Å². The Morgan fingerprint density at radius 3 is 2.39 bits per heavy atom. The van der Waals surface area contributed by atoms with Crippen LogP contribution in [0.25, 0.3) is 12.2 Å². The van der Waals surface area contributed by atoms with Crippen molar-refractivity contribution in [1.29, 1.82) is 0 Å². The van der Waals surface area contributed by atoms with Gasteiger partial charge in [-0.15, -0.1) is 0 Å². The van der Waals surface area contributed by atoms with Gasteiger partial charge in [0.1, 0.15) is 5.76 Å². The van der Waals surface area contributed by atoms with Crippen LogP contribution in [0.4, 0.5) is 0 Å². The molecule has 0 aliphatic heterocycles. The Balaban J connectivity index is 2.29. The zero-order valence-corrected chi connectivity index (χ0v) is 9.20. The maximum absolute atomic E-state index is 11.1. The van der Waals surface area contributed by atoms with E-state index in [1.54, 1.807) is 12.1 Å². The minimum atomic E-state index is -0.462. The maximum Gasteiger partial charge on any atom is 0.286 e. The number of rotatable bonds is 2. The van der Waals surface area contributed by atoms with Crippen molar-refractivity contribution in [2.45, 2.75) is 0 Å². The van der Waals surface area contributed by atoms with E-state index in [9.17, 15) is 9.90 Å². The molecule has 0 bridgehead atoms. The lowest BCUT2D eigenvalue weighted by atomic mass is 10.2. The van der Waals surface area contributed by atoms with Gasteiger partial charge in [-0.2, -0.15) is 0 Å². The SMILES string of the molecule is O=c1cc(O)oc(C=Cc2ccc(O)c(O)c2)c1. The number of phenols is 2. The molecule has 1 aromatic carbocycles. The van der Waals surface area contributed by atoms with Gasteiger partial charge in [0.2, 0.25) is 0 Å². The van der Waals surface area contributed by atoms with Crippen molar-refractivity contribution >= 4 is 12.2 Å². The highest BCUT2D eigenvalue weighted by Gasteiger charge is 1.99. The van der Waals surface area contributed by atoms with Gasteiger partial charge in [-0.1, -0.05) is 12.1 Å². The molecule has 1 aromatic heterocycles. The molecule has 0 saturated heterocycles. The van der Waals surface area contributed by atoms with Crippen LogP contribution in [0.15, 0.2) is 39.5 Å². The van der Waals surface area contributed by atoms with E-state index in [1.807, 2.05) is 0 Å². The Bertz CT molecular complexity index is 655. The highest BCUT2D eigenvalue weighted by atomic mass is 16.5. The van der Waals surface area contributed by atoms with Crippen molar-refractivity contribution in [1.82, 2.24) is 0 Å². The predicted molar refractivity (Wildman–Crippen MR) is 65.3 cm³/mol. The number of phenolic OH excluding ortho intramolecular Hbond substituents is 2. The second-order valence-corrected chi connectivity index (χ2v) is 3.62. The number of hydrogen-bond acceptors (Lipinski definition) is 5. The second kappa shape index (κ2) is 4.67. The minimum Gasteiger partial charge on any atom is -0.504 e. The smallest absolute Gasteiger partial charge is 0.286 e. The van der Waals surface area contributed by atoms with Gasteiger partial charge in [0.25, 0.3) is 5.95 Å². The zero-order chi connectivity index (χ0) is 13.1. The normalized spacial score (nSPS) is 10.9. The maximum atomic E-state index is 11.1. The van der Waals surface area contributed by atoms with Crippen LogP contribution in [0, 0.1) is 0 Å². The van der Waals surface area contributed by atoms with Crippen LogP contribution in [-0.4, -0.2) is 15.3 Å². The topological polar surface area (TPSA) is 90.9 Å². The Morgan fingerprint density at radius 2 is 1.72 bits per heavy atom. The summed E-state index contributed by atoms with van der Waals surface area (Å²) in [5.41, 5.74) is 0.239. The summed E-state index contributed by atoms with van der Waals surface area (Å²) in [5.74, 6) is -0.728. The van der Waals surface area contributed by atoms with Crippen molar-refractivity contribution in [3.8, 4) is 17.4 Å². The fraction of sp³-hybridized carbons (Fsp3) is 0. The molecule has 0 fully saturated rings. The quantitative estimate of drug-likeness (QED) is 0.704. The van der Waals surface area contributed by atoms with Gasteiger partial charge in [0, 0.05) is 6.07 Å². The molecule has 92 valence electrons. The summed E-state index contributed by atoms with van der Waals surface area (Å²) in [6, 6.07) is 6.45. The molecule has 18 heavy (non-hydrogen) atoms. The molecule has 0 radical (unpaired) electrons. The van der Waals surface area contributed by atoms with Gasteiger partial charge in [-0.25, -0.2) is 0 Å². The Hall–Kier alpha value is -2.69. The van der Waals surface area contributed by atoms with Crippen LogP contribution in [-0.2, 0) is 0 Å². The number of hydrogen-bond donors (Lipinski definition) is 3. The zero-order valence-electron chi connectivity index (χ0n) is 9.20. The molecule has 3 N–H and O–H groups in total. The first-order chi connectivity index (χ1) is 8.54. The first kappa shape index (κ1) is 11.8. The molecule has 0 saturated carbocycles. The monoisotopic (exact) mass is 246 g/mol. The first-order valence-corrected chi connectivity index (χ1v) is 5.09. The first-order valence-electron chi connectivity index (χ1n) is 5.09. The molecule has 5 nitrogen and oxygen atoms in total. The number of benzene rings is 1. The third-order valence-electron chi connectivity index (χ3n) is 2.21. The highest BCUT2D eigenvalue weighted by Crippen LogP contribution is 2.25. The lowest BCUT2D eigenvalue weighted by Gasteiger charge is -1.98. The Morgan fingerprint density at radius 1 is 0.944 bits per heavy atom. The third kappa shape index (κ3) is 2.70. The van der Waals surface area contributed by atoms with E-state index in [-0.39, 0.29) is 22.7 Å².